The SMILES string of the molecule is CN(C)CC[C@H]1CCCN(C(=O)c2cnn(C)c2)C1. The Balaban J connectivity index is 1.91. The van der Waals surface area contributed by atoms with Crippen LogP contribution < -0.4 is 0 Å². The van der Waals surface area contributed by atoms with Crippen molar-refractivity contribution in [3.05, 3.63) is 18.0 Å². The summed E-state index contributed by atoms with van der Waals surface area (Å²) in [5.41, 5.74) is 0.704. The van der Waals surface area contributed by atoms with Crippen LogP contribution in [0.25, 0.3) is 0 Å². The number of carbonyl (C=O) groups excluding carboxylic acids is 1. The molecule has 0 N–H and O–H groups in total. The van der Waals surface area contributed by atoms with E-state index in [1.54, 1.807) is 17.1 Å². The lowest BCUT2D eigenvalue weighted by Crippen LogP contribution is -2.40. The first-order chi connectivity index (χ1) is 9.06. The van der Waals surface area contributed by atoms with Gasteiger partial charge in [-0.2, -0.15) is 5.10 Å². The van der Waals surface area contributed by atoms with Crippen molar-refractivity contribution in [3.8, 4) is 0 Å². The summed E-state index contributed by atoms with van der Waals surface area (Å²) in [5.74, 6) is 0.763. The topological polar surface area (TPSA) is 41.4 Å². The van der Waals surface area contributed by atoms with E-state index in [-0.39, 0.29) is 5.91 Å². The van der Waals surface area contributed by atoms with E-state index in [4.69, 9.17) is 0 Å². The number of nitrogens with zero attached hydrogens (tertiary/aromatic N) is 4. The molecule has 1 saturated heterocycles. The maximum atomic E-state index is 12.4. The fraction of sp³-hybridized carbons (Fsp3) is 0.714. The molecule has 1 aromatic heterocycles. The highest BCUT2D eigenvalue weighted by molar-refractivity contribution is 5.93. The van der Waals surface area contributed by atoms with Crippen LogP contribution in [0.5, 0.6) is 0 Å². The first kappa shape index (κ1) is 14.1. The van der Waals surface area contributed by atoms with Crippen molar-refractivity contribution in [1.29, 1.82) is 0 Å². The van der Waals surface area contributed by atoms with Crippen LogP contribution in [0, 0.1) is 5.92 Å². The van der Waals surface area contributed by atoms with E-state index in [9.17, 15) is 4.79 Å². The second-order valence-electron chi connectivity index (χ2n) is 5.75. The van der Waals surface area contributed by atoms with E-state index in [1.165, 1.54) is 12.8 Å². The van der Waals surface area contributed by atoms with Crippen molar-refractivity contribution in [2.45, 2.75) is 19.3 Å². The molecule has 0 radical (unpaired) electrons. The number of hydrogen-bond acceptors (Lipinski definition) is 3. The van der Waals surface area contributed by atoms with Gasteiger partial charge in [0, 0.05) is 26.3 Å². The molecule has 0 aromatic carbocycles. The number of aryl methyl sites for hydroxylation is 1. The number of likely N-dealkylation sites (tertiary alicyclic amines) is 1. The predicted molar refractivity (Wildman–Crippen MR) is 75.0 cm³/mol. The molecule has 1 atom stereocenters. The highest BCUT2D eigenvalue weighted by atomic mass is 16.2. The third-order valence-electron chi connectivity index (χ3n) is 3.74. The summed E-state index contributed by atoms with van der Waals surface area (Å²) in [5, 5.41) is 4.07. The van der Waals surface area contributed by atoms with Gasteiger partial charge in [-0.25, -0.2) is 0 Å². The predicted octanol–water partition coefficient (Wildman–Crippen LogP) is 1.22. The van der Waals surface area contributed by atoms with Gasteiger partial charge in [0.2, 0.25) is 0 Å². The summed E-state index contributed by atoms with van der Waals surface area (Å²) in [7, 11) is 6.04. The molecule has 1 amide bonds. The third-order valence-corrected chi connectivity index (χ3v) is 3.74. The molecule has 0 spiro atoms. The van der Waals surface area contributed by atoms with Crippen molar-refractivity contribution in [2.24, 2.45) is 13.0 Å². The number of aromatic nitrogens is 2. The second kappa shape index (κ2) is 6.19. The summed E-state index contributed by atoms with van der Waals surface area (Å²) in [6, 6.07) is 0. The highest BCUT2D eigenvalue weighted by Crippen LogP contribution is 2.21. The minimum Gasteiger partial charge on any atom is -0.338 e. The highest BCUT2D eigenvalue weighted by Gasteiger charge is 2.24. The summed E-state index contributed by atoms with van der Waals surface area (Å²) in [6.45, 7) is 2.87. The van der Waals surface area contributed by atoms with Gasteiger partial charge in [0.25, 0.3) is 5.91 Å². The lowest BCUT2D eigenvalue weighted by atomic mass is 9.94. The molecule has 2 heterocycles. The molecular formula is C14H24N4O. The summed E-state index contributed by atoms with van der Waals surface area (Å²) in [6.07, 6.45) is 6.98. The van der Waals surface area contributed by atoms with Crippen LogP contribution in [0.2, 0.25) is 0 Å². The van der Waals surface area contributed by atoms with Gasteiger partial charge in [0.05, 0.1) is 11.8 Å². The zero-order valence-electron chi connectivity index (χ0n) is 12.2. The van der Waals surface area contributed by atoms with Gasteiger partial charge in [-0.3, -0.25) is 9.48 Å². The molecule has 0 unspecified atom stereocenters. The van der Waals surface area contributed by atoms with E-state index in [0.29, 0.717) is 11.5 Å². The van der Waals surface area contributed by atoms with Gasteiger partial charge in [0.1, 0.15) is 0 Å². The van der Waals surface area contributed by atoms with Crippen molar-refractivity contribution in [3.63, 3.8) is 0 Å². The van der Waals surface area contributed by atoms with Gasteiger partial charge in [-0.15, -0.1) is 0 Å². The molecule has 5 heteroatoms. The Bertz CT molecular complexity index is 427. The molecule has 2 rings (SSSR count). The Hall–Kier alpha value is -1.36. The lowest BCUT2D eigenvalue weighted by molar-refractivity contribution is 0.0663. The van der Waals surface area contributed by atoms with Crippen molar-refractivity contribution in [1.82, 2.24) is 19.6 Å². The fourth-order valence-electron chi connectivity index (χ4n) is 2.64. The molecule has 1 aliphatic heterocycles. The van der Waals surface area contributed by atoms with E-state index >= 15 is 0 Å². The van der Waals surface area contributed by atoms with Crippen LogP contribution >= 0.6 is 0 Å². The van der Waals surface area contributed by atoms with Gasteiger partial charge in [-0.1, -0.05) is 0 Å². The molecule has 106 valence electrons. The second-order valence-corrected chi connectivity index (χ2v) is 5.75. The number of carbonyl (C=O) groups is 1. The smallest absolute Gasteiger partial charge is 0.257 e. The van der Waals surface area contributed by atoms with Gasteiger partial charge < -0.3 is 9.80 Å². The Kier molecular flexibility index (Phi) is 4.58. The Morgan fingerprint density at radius 1 is 1.53 bits per heavy atom. The van der Waals surface area contributed by atoms with E-state index in [0.717, 1.165) is 26.1 Å². The molecule has 19 heavy (non-hydrogen) atoms. The number of amides is 1. The zero-order valence-corrected chi connectivity index (χ0v) is 12.2. The maximum absolute atomic E-state index is 12.4. The minimum absolute atomic E-state index is 0.127. The van der Waals surface area contributed by atoms with Crippen molar-refractivity contribution >= 4 is 5.91 Å². The quantitative estimate of drug-likeness (QED) is 0.821. The van der Waals surface area contributed by atoms with E-state index in [2.05, 4.69) is 24.1 Å². The van der Waals surface area contributed by atoms with Gasteiger partial charge >= 0.3 is 0 Å². The van der Waals surface area contributed by atoms with Crippen LogP contribution in [0.1, 0.15) is 29.6 Å². The fourth-order valence-corrected chi connectivity index (χ4v) is 2.64. The van der Waals surface area contributed by atoms with Crippen LogP contribution in [-0.2, 0) is 7.05 Å². The monoisotopic (exact) mass is 264 g/mol. The Morgan fingerprint density at radius 2 is 2.32 bits per heavy atom. The minimum atomic E-state index is 0.127. The Labute approximate surface area is 115 Å². The van der Waals surface area contributed by atoms with Gasteiger partial charge in [0.15, 0.2) is 0 Å². The molecule has 0 saturated carbocycles. The summed E-state index contributed by atoms with van der Waals surface area (Å²) < 4.78 is 1.68. The molecule has 1 fully saturated rings. The third kappa shape index (κ3) is 3.80. The molecule has 1 aliphatic rings. The van der Waals surface area contributed by atoms with Crippen LogP contribution in [0.15, 0.2) is 12.4 Å². The van der Waals surface area contributed by atoms with Crippen LogP contribution in [0.3, 0.4) is 0 Å². The maximum Gasteiger partial charge on any atom is 0.257 e. The zero-order chi connectivity index (χ0) is 13.8. The lowest BCUT2D eigenvalue weighted by Gasteiger charge is -2.33. The molecule has 1 aromatic rings. The van der Waals surface area contributed by atoms with Crippen molar-refractivity contribution in [2.75, 3.05) is 33.7 Å². The standard InChI is InChI=1S/C14H24N4O/c1-16(2)8-6-12-5-4-7-18(10-12)14(19)13-9-15-17(3)11-13/h9,11-12H,4-8,10H2,1-3H3/t12-/m1/s1. The summed E-state index contributed by atoms with van der Waals surface area (Å²) in [4.78, 5) is 16.6. The molecule has 5 nitrogen and oxygen atoms in total. The molecule has 0 bridgehead atoms. The number of rotatable bonds is 4. The normalized spacial score (nSPS) is 20.0. The first-order valence-electron chi connectivity index (χ1n) is 6.99. The van der Waals surface area contributed by atoms with E-state index < -0.39 is 0 Å². The average Bonchev–Trinajstić information content (AvgIpc) is 2.82. The summed E-state index contributed by atoms with van der Waals surface area (Å²) >= 11 is 0. The van der Waals surface area contributed by atoms with Crippen LogP contribution in [-0.4, -0.2) is 59.2 Å². The first-order valence-corrected chi connectivity index (χ1v) is 6.99. The van der Waals surface area contributed by atoms with Crippen molar-refractivity contribution < 1.29 is 4.79 Å². The number of hydrogen-bond donors (Lipinski definition) is 0. The van der Waals surface area contributed by atoms with Crippen LogP contribution in [0.4, 0.5) is 0 Å². The number of piperidine rings is 1. The molecule has 0 aliphatic carbocycles. The van der Waals surface area contributed by atoms with Gasteiger partial charge in [-0.05, 0) is 45.8 Å². The van der Waals surface area contributed by atoms with E-state index in [1.807, 2.05) is 11.9 Å². The molecular weight excluding hydrogens is 240 g/mol. The average molecular weight is 264 g/mol. The Morgan fingerprint density at radius 3 is 2.95 bits per heavy atom. The largest absolute Gasteiger partial charge is 0.338 e.